The number of carbonyl (C=O) groups is 3. The molecule has 24 heavy (non-hydrogen) atoms. The molecule has 2 heterocycles. The van der Waals surface area contributed by atoms with Crippen molar-refractivity contribution in [3.05, 3.63) is 29.8 Å². The molecule has 1 aromatic rings. The highest BCUT2D eigenvalue weighted by molar-refractivity contribution is 6.22. The van der Waals surface area contributed by atoms with Crippen LogP contribution in [-0.4, -0.2) is 62.2 Å². The fourth-order valence-corrected chi connectivity index (χ4v) is 2.78. The van der Waals surface area contributed by atoms with Crippen LogP contribution in [0.2, 0.25) is 0 Å². The molecule has 0 radical (unpaired) electrons. The summed E-state index contributed by atoms with van der Waals surface area (Å²) >= 11 is 0. The van der Waals surface area contributed by atoms with E-state index < -0.39 is 12.0 Å². The van der Waals surface area contributed by atoms with E-state index in [0.717, 1.165) is 4.90 Å². The van der Waals surface area contributed by atoms with Crippen LogP contribution in [0.3, 0.4) is 0 Å². The Morgan fingerprint density at radius 2 is 1.88 bits per heavy atom. The van der Waals surface area contributed by atoms with Crippen LogP contribution in [-0.2, 0) is 19.1 Å². The van der Waals surface area contributed by atoms with Gasteiger partial charge in [0, 0.05) is 13.1 Å². The van der Waals surface area contributed by atoms with E-state index in [-0.39, 0.29) is 18.2 Å². The molecular weight excluding hydrogens is 314 g/mol. The molecule has 128 valence electrons. The zero-order valence-electron chi connectivity index (χ0n) is 13.4. The molecule has 1 unspecified atom stereocenters. The van der Waals surface area contributed by atoms with Gasteiger partial charge in [-0.25, -0.2) is 20.1 Å². The number of nitrogens with one attached hydrogen (secondary N) is 1. The summed E-state index contributed by atoms with van der Waals surface area (Å²) in [6, 6.07) is 5.63. The minimum Gasteiger partial charge on any atom is -0.465 e. The number of benzene rings is 1. The molecule has 0 spiro atoms. The van der Waals surface area contributed by atoms with Crippen molar-refractivity contribution in [3.63, 3.8) is 0 Å². The van der Waals surface area contributed by atoms with Gasteiger partial charge in [0.15, 0.2) is 0 Å². The topological polar surface area (TPSA) is 88.2 Å². The van der Waals surface area contributed by atoms with Gasteiger partial charge >= 0.3 is 5.97 Å². The van der Waals surface area contributed by atoms with Crippen molar-refractivity contribution in [1.82, 2.24) is 10.4 Å². The smallest absolute Gasteiger partial charge is 0.337 e. The molecule has 2 amide bonds. The van der Waals surface area contributed by atoms with Crippen molar-refractivity contribution in [3.8, 4) is 0 Å². The van der Waals surface area contributed by atoms with Crippen LogP contribution in [0.5, 0.6) is 0 Å². The number of carbonyl (C=O) groups excluding carboxylic acids is 3. The molecule has 0 aliphatic carbocycles. The summed E-state index contributed by atoms with van der Waals surface area (Å²) in [4.78, 5) is 37.4. The lowest BCUT2D eigenvalue weighted by Gasteiger charge is -2.29. The Morgan fingerprint density at radius 3 is 2.50 bits per heavy atom. The second kappa shape index (κ2) is 7.08. The molecule has 2 aliphatic heterocycles. The number of hydrogen-bond acceptors (Lipinski definition) is 7. The maximum Gasteiger partial charge on any atom is 0.337 e. The van der Waals surface area contributed by atoms with Gasteiger partial charge in [-0.05, 0) is 24.3 Å². The van der Waals surface area contributed by atoms with Crippen LogP contribution < -0.4 is 10.3 Å². The lowest BCUT2D eigenvalue weighted by atomic mass is 10.2. The predicted octanol–water partition coefficient (Wildman–Crippen LogP) is -0.0581. The van der Waals surface area contributed by atoms with Crippen LogP contribution >= 0.6 is 0 Å². The number of hydrogen-bond donors (Lipinski definition) is 1. The van der Waals surface area contributed by atoms with Gasteiger partial charge in [-0.1, -0.05) is 0 Å². The van der Waals surface area contributed by atoms with E-state index >= 15 is 0 Å². The van der Waals surface area contributed by atoms with E-state index in [1.807, 2.05) is 5.01 Å². The van der Waals surface area contributed by atoms with E-state index in [1.165, 1.54) is 19.2 Å². The van der Waals surface area contributed by atoms with Crippen molar-refractivity contribution in [2.75, 3.05) is 38.3 Å². The van der Waals surface area contributed by atoms with Crippen LogP contribution in [0.25, 0.3) is 0 Å². The summed E-state index contributed by atoms with van der Waals surface area (Å²) in [5, 5.41) is 1.91. The monoisotopic (exact) mass is 333 g/mol. The Bertz CT molecular complexity index is 640. The molecule has 8 nitrogen and oxygen atoms in total. The Morgan fingerprint density at radius 1 is 1.21 bits per heavy atom. The van der Waals surface area contributed by atoms with Crippen LogP contribution in [0.4, 0.5) is 5.69 Å². The van der Waals surface area contributed by atoms with Gasteiger partial charge in [-0.3, -0.25) is 9.59 Å². The van der Waals surface area contributed by atoms with Gasteiger partial charge < -0.3 is 9.47 Å². The van der Waals surface area contributed by atoms with Crippen molar-refractivity contribution >= 4 is 23.5 Å². The Hall–Kier alpha value is -2.29. The highest BCUT2D eigenvalue weighted by atomic mass is 16.5. The third kappa shape index (κ3) is 3.30. The number of ether oxygens (including phenoxy) is 2. The molecule has 1 N–H and O–H groups in total. The maximum atomic E-state index is 12.6. The standard InChI is InChI=1S/C16H19N3O5/c1-23-16(22)11-2-4-12(5-3-11)19-14(20)10-13(15(19)21)17-18-6-8-24-9-7-18/h2-5,13,17H,6-10H2,1H3. The summed E-state index contributed by atoms with van der Waals surface area (Å²) in [5.74, 6) is -1.03. The second-order valence-corrected chi connectivity index (χ2v) is 5.59. The zero-order valence-corrected chi connectivity index (χ0v) is 13.4. The van der Waals surface area contributed by atoms with E-state index in [2.05, 4.69) is 10.2 Å². The average Bonchev–Trinajstić information content (AvgIpc) is 2.89. The Labute approximate surface area is 139 Å². The molecule has 8 heteroatoms. The third-order valence-corrected chi connectivity index (χ3v) is 4.04. The van der Waals surface area contributed by atoms with Gasteiger partial charge in [-0.15, -0.1) is 0 Å². The number of anilines is 1. The van der Waals surface area contributed by atoms with Crippen molar-refractivity contribution in [2.45, 2.75) is 12.5 Å². The van der Waals surface area contributed by atoms with Gasteiger partial charge in [0.05, 0.1) is 38.0 Å². The maximum absolute atomic E-state index is 12.6. The summed E-state index contributed by atoms with van der Waals surface area (Å²) in [6.45, 7) is 2.54. The fourth-order valence-electron chi connectivity index (χ4n) is 2.78. The molecule has 0 aromatic heterocycles. The summed E-state index contributed by atoms with van der Waals surface area (Å²) in [5.41, 5.74) is 3.92. The number of morpholine rings is 1. The molecule has 3 rings (SSSR count). The highest BCUT2D eigenvalue weighted by Gasteiger charge is 2.40. The number of nitrogens with zero attached hydrogens (tertiary/aromatic N) is 2. The highest BCUT2D eigenvalue weighted by Crippen LogP contribution is 2.23. The average molecular weight is 333 g/mol. The molecule has 0 bridgehead atoms. The van der Waals surface area contributed by atoms with Crippen LogP contribution in [0.1, 0.15) is 16.8 Å². The molecular formula is C16H19N3O5. The largest absolute Gasteiger partial charge is 0.465 e. The first-order valence-electron chi connectivity index (χ1n) is 7.74. The number of amides is 2. The number of rotatable bonds is 4. The molecule has 2 saturated heterocycles. The summed E-state index contributed by atoms with van der Waals surface area (Å²) < 4.78 is 9.89. The van der Waals surface area contributed by atoms with Crippen molar-refractivity contribution in [1.29, 1.82) is 0 Å². The number of methoxy groups -OCH3 is 1. The van der Waals surface area contributed by atoms with Gasteiger partial charge in [0.2, 0.25) is 5.91 Å². The number of hydrazine groups is 1. The van der Waals surface area contributed by atoms with Crippen LogP contribution in [0.15, 0.2) is 24.3 Å². The van der Waals surface area contributed by atoms with E-state index in [9.17, 15) is 14.4 Å². The minimum absolute atomic E-state index is 0.106. The lowest BCUT2D eigenvalue weighted by molar-refractivity contribution is -0.122. The molecule has 1 aromatic carbocycles. The Kier molecular flexibility index (Phi) is 4.89. The molecule has 0 saturated carbocycles. The number of esters is 1. The molecule has 1 atom stereocenters. The van der Waals surface area contributed by atoms with E-state index in [0.29, 0.717) is 37.6 Å². The Balaban J connectivity index is 1.70. The first kappa shape index (κ1) is 16.6. The van der Waals surface area contributed by atoms with Gasteiger partial charge in [-0.2, -0.15) is 0 Å². The van der Waals surface area contributed by atoms with Gasteiger partial charge in [0.1, 0.15) is 6.04 Å². The third-order valence-electron chi connectivity index (χ3n) is 4.04. The van der Waals surface area contributed by atoms with E-state index in [1.54, 1.807) is 12.1 Å². The minimum atomic E-state index is -0.573. The first-order chi connectivity index (χ1) is 11.6. The summed E-state index contributed by atoms with van der Waals surface area (Å²) in [6.07, 6.45) is 0.106. The summed E-state index contributed by atoms with van der Waals surface area (Å²) in [7, 11) is 1.30. The van der Waals surface area contributed by atoms with Crippen molar-refractivity contribution in [2.24, 2.45) is 0 Å². The van der Waals surface area contributed by atoms with Gasteiger partial charge in [0.25, 0.3) is 5.91 Å². The molecule has 2 fully saturated rings. The quantitative estimate of drug-likeness (QED) is 0.610. The van der Waals surface area contributed by atoms with Crippen molar-refractivity contribution < 1.29 is 23.9 Å². The van der Waals surface area contributed by atoms with E-state index in [4.69, 9.17) is 4.74 Å². The normalized spacial score (nSPS) is 22.0. The molecule has 2 aliphatic rings. The van der Waals surface area contributed by atoms with Crippen LogP contribution in [0, 0.1) is 0 Å². The lowest BCUT2D eigenvalue weighted by Crippen LogP contribution is -2.52. The SMILES string of the molecule is COC(=O)c1ccc(N2C(=O)CC(NN3CCOCC3)C2=O)cc1. The number of imide groups is 1. The fraction of sp³-hybridized carbons (Fsp3) is 0.438. The predicted molar refractivity (Wildman–Crippen MR) is 84.2 cm³/mol. The zero-order chi connectivity index (χ0) is 17.1. The first-order valence-corrected chi connectivity index (χ1v) is 7.74. The second-order valence-electron chi connectivity index (χ2n) is 5.59.